The van der Waals surface area contributed by atoms with Crippen LogP contribution in [0.1, 0.15) is 5.56 Å². The van der Waals surface area contributed by atoms with Crippen LogP contribution in [0.25, 0.3) is 0 Å². The van der Waals surface area contributed by atoms with Gasteiger partial charge in [0.1, 0.15) is 24.2 Å². The van der Waals surface area contributed by atoms with Crippen molar-refractivity contribution in [2.24, 2.45) is 9.98 Å². The Morgan fingerprint density at radius 3 is 2.60 bits per heavy atom. The quantitative estimate of drug-likeness (QED) is 0.361. The number of aliphatic imine (C=N–C) groups is 2. The molecule has 0 amide bonds. The molecule has 0 aliphatic rings. The molecule has 1 aromatic carbocycles. The number of hydroxylamine groups is 1. The molecule has 20 heavy (non-hydrogen) atoms. The van der Waals surface area contributed by atoms with Gasteiger partial charge in [-0.3, -0.25) is 10.3 Å². The smallest absolute Gasteiger partial charge is 0.178 e. The van der Waals surface area contributed by atoms with Gasteiger partial charge in [0.05, 0.1) is 7.11 Å². The molecule has 0 saturated carbocycles. The van der Waals surface area contributed by atoms with Crippen molar-refractivity contribution in [3.8, 4) is 17.9 Å². The van der Waals surface area contributed by atoms with Gasteiger partial charge in [0.15, 0.2) is 11.4 Å². The molecule has 0 saturated heterocycles. The van der Waals surface area contributed by atoms with Gasteiger partial charge >= 0.3 is 0 Å². The van der Waals surface area contributed by atoms with Gasteiger partial charge < -0.3 is 5.11 Å². The van der Waals surface area contributed by atoms with Crippen LogP contribution in [0.5, 0.6) is 5.75 Å². The van der Waals surface area contributed by atoms with E-state index >= 15 is 0 Å². The molecular formula is C13H11N5O2. The van der Waals surface area contributed by atoms with E-state index in [4.69, 9.17) is 10.5 Å². The van der Waals surface area contributed by atoms with E-state index in [2.05, 4.69) is 20.3 Å². The molecule has 1 rings (SSSR count). The maximum Gasteiger partial charge on any atom is 0.178 e. The summed E-state index contributed by atoms with van der Waals surface area (Å²) < 4.78 is 0. The van der Waals surface area contributed by atoms with Crippen molar-refractivity contribution in [2.75, 3.05) is 7.11 Å². The van der Waals surface area contributed by atoms with E-state index in [0.717, 1.165) is 6.34 Å². The highest BCUT2D eigenvalue weighted by atomic mass is 16.6. The van der Waals surface area contributed by atoms with Crippen molar-refractivity contribution in [3.05, 3.63) is 41.2 Å². The number of phenolic OH excluding ortho intramolecular Hbond substituents is 1. The Labute approximate surface area is 115 Å². The number of allylic oxidation sites excluding steroid dienone is 2. The summed E-state index contributed by atoms with van der Waals surface area (Å²) in [6.07, 6.45) is 2.48. The van der Waals surface area contributed by atoms with E-state index < -0.39 is 0 Å². The number of phenols is 1. The summed E-state index contributed by atoms with van der Waals surface area (Å²) in [5.74, 6) is 0.0826. The lowest BCUT2D eigenvalue weighted by atomic mass is 10.2. The number of benzene rings is 1. The minimum Gasteiger partial charge on any atom is -0.508 e. The minimum absolute atomic E-state index is 0.0826. The minimum atomic E-state index is -0.159. The van der Waals surface area contributed by atoms with Crippen LogP contribution in [0.2, 0.25) is 0 Å². The van der Waals surface area contributed by atoms with Crippen LogP contribution in [0.4, 0.5) is 0 Å². The summed E-state index contributed by atoms with van der Waals surface area (Å²) >= 11 is 0. The van der Waals surface area contributed by atoms with E-state index in [1.807, 2.05) is 0 Å². The van der Waals surface area contributed by atoms with Crippen LogP contribution in [0.3, 0.4) is 0 Å². The zero-order valence-corrected chi connectivity index (χ0v) is 10.6. The van der Waals surface area contributed by atoms with Crippen LogP contribution in [-0.4, -0.2) is 24.8 Å². The van der Waals surface area contributed by atoms with Crippen molar-refractivity contribution in [3.63, 3.8) is 0 Å². The molecule has 100 valence electrons. The molecule has 7 nitrogen and oxygen atoms in total. The zero-order chi connectivity index (χ0) is 14.8. The highest BCUT2D eigenvalue weighted by molar-refractivity contribution is 5.81. The Bertz CT molecular complexity index is 635. The lowest BCUT2D eigenvalue weighted by molar-refractivity contribution is 0.148. The standard InChI is InChI=1S/C13H11N5O2/c1-20-18-9-17-13(7-15)12(6-14)16-8-10-3-2-4-11(19)5-10/h2-5,8-9,19H,1H3,(H,17,18)/b13-12-,16-8?. The third kappa shape index (κ3) is 4.61. The molecule has 0 aliphatic heterocycles. The lowest BCUT2D eigenvalue weighted by Crippen LogP contribution is -2.07. The Balaban J connectivity index is 3.01. The van der Waals surface area contributed by atoms with Gasteiger partial charge in [-0.15, -0.1) is 0 Å². The molecule has 2 N–H and O–H groups in total. The molecule has 7 heteroatoms. The summed E-state index contributed by atoms with van der Waals surface area (Å²) in [5.41, 5.74) is 2.59. The maximum absolute atomic E-state index is 9.30. The largest absolute Gasteiger partial charge is 0.508 e. The SMILES string of the molecule is CONC=N/C(C#N)=C(/C#N)N=Cc1cccc(O)c1. The first-order chi connectivity index (χ1) is 9.71. The Morgan fingerprint density at radius 1 is 1.30 bits per heavy atom. The van der Waals surface area contributed by atoms with Gasteiger partial charge in [0.25, 0.3) is 0 Å². The van der Waals surface area contributed by atoms with Crippen molar-refractivity contribution >= 4 is 12.6 Å². The fourth-order valence-corrected chi connectivity index (χ4v) is 1.17. The second-order valence-corrected chi connectivity index (χ2v) is 3.35. The van der Waals surface area contributed by atoms with Crippen LogP contribution < -0.4 is 5.48 Å². The molecule has 0 spiro atoms. The topological polar surface area (TPSA) is 114 Å². The highest BCUT2D eigenvalue weighted by Gasteiger charge is 2.02. The molecular weight excluding hydrogens is 258 g/mol. The summed E-state index contributed by atoms with van der Waals surface area (Å²) in [6.45, 7) is 0. The number of rotatable bonds is 5. The van der Waals surface area contributed by atoms with Gasteiger partial charge in [-0.25, -0.2) is 9.98 Å². The summed E-state index contributed by atoms with van der Waals surface area (Å²) in [7, 11) is 1.38. The summed E-state index contributed by atoms with van der Waals surface area (Å²) in [6, 6.07) is 9.86. The molecule has 0 aliphatic carbocycles. The van der Waals surface area contributed by atoms with Crippen molar-refractivity contribution < 1.29 is 9.94 Å². The highest BCUT2D eigenvalue weighted by Crippen LogP contribution is 2.10. The van der Waals surface area contributed by atoms with Crippen molar-refractivity contribution in [1.82, 2.24) is 5.48 Å². The fourth-order valence-electron chi connectivity index (χ4n) is 1.17. The van der Waals surface area contributed by atoms with Crippen LogP contribution in [-0.2, 0) is 4.84 Å². The predicted octanol–water partition coefficient (Wildman–Crippen LogP) is 1.25. The first-order valence-corrected chi connectivity index (χ1v) is 5.40. The molecule has 0 aromatic heterocycles. The summed E-state index contributed by atoms with van der Waals surface area (Å²) in [4.78, 5) is 12.1. The van der Waals surface area contributed by atoms with E-state index in [9.17, 15) is 5.11 Å². The zero-order valence-electron chi connectivity index (χ0n) is 10.6. The second kappa shape index (κ2) is 8.03. The number of hydrogen-bond donors (Lipinski definition) is 2. The normalized spacial score (nSPS) is 11.9. The third-order valence-corrected chi connectivity index (χ3v) is 2.01. The van der Waals surface area contributed by atoms with Gasteiger partial charge in [-0.05, 0) is 17.7 Å². The van der Waals surface area contributed by atoms with E-state index in [0.29, 0.717) is 5.56 Å². The molecule has 0 atom stereocenters. The van der Waals surface area contributed by atoms with E-state index in [1.165, 1.54) is 25.5 Å². The molecule has 0 radical (unpaired) electrons. The average Bonchev–Trinajstić information content (AvgIpc) is 2.46. The van der Waals surface area contributed by atoms with Gasteiger partial charge in [0, 0.05) is 6.21 Å². The molecule has 1 aromatic rings. The number of nitrogens with one attached hydrogen (secondary N) is 1. The van der Waals surface area contributed by atoms with Gasteiger partial charge in [0.2, 0.25) is 0 Å². The maximum atomic E-state index is 9.30. The monoisotopic (exact) mass is 269 g/mol. The van der Waals surface area contributed by atoms with Gasteiger partial charge in [-0.1, -0.05) is 12.1 Å². The number of aromatic hydroxyl groups is 1. The van der Waals surface area contributed by atoms with Crippen LogP contribution in [0.15, 0.2) is 45.6 Å². The Hall–Kier alpha value is -3.16. The van der Waals surface area contributed by atoms with E-state index in [-0.39, 0.29) is 17.1 Å². The molecule has 0 unspecified atom stereocenters. The Morgan fingerprint density at radius 2 is 2.00 bits per heavy atom. The summed E-state index contributed by atoms with van der Waals surface area (Å²) in [5, 5.41) is 27.2. The molecule has 0 fully saturated rings. The van der Waals surface area contributed by atoms with Crippen LogP contribution in [0, 0.1) is 22.7 Å². The van der Waals surface area contributed by atoms with Crippen LogP contribution >= 0.6 is 0 Å². The van der Waals surface area contributed by atoms with E-state index in [1.54, 1.807) is 24.3 Å². The Kier molecular flexibility index (Phi) is 5.98. The van der Waals surface area contributed by atoms with Crippen molar-refractivity contribution in [1.29, 1.82) is 10.5 Å². The average molecular weight is 269 g/mol. The third-order valence-electron chi connectivity index (χ3n) is 2.01. The number of nitriles is 2. The second-order valence-electron chi connectivity index (χ2n) is 3.35. The van der Waals surface area contributed by atoms with Gasteiger partial charge in [-0.2, -0.15) is 10.5 Å². The van der Waals surface area contributed by atoms with Crippen molar-refractivity contribution in [2.45, 2.75) is 0 Å². The first-order valence-electron chi connectivity index (χ1n) is 5.40. The number of hydrogen-bond acceptors (Lipinski definition) is 6. The predicted molar refractivity (Wildman–Crippen MR) is 72.6 cm³/mol. The first kappa shape index (κ1) is 14.9. The number of nitrogens with zero attached hydrogens (tertiary/aromatic N) is 4. The molecule has 0 heterocycles. The fraction of sp³-hybridized carbons (Fsp3) is 0.0769. The lowest BCUT2D eigenvalue weighted by Gasteiger charge is -1.95. The molecule has 0 bridgehead atoms.